The topological polar surface area (TPSA) is 16.3 Å². The van der Waals surface area contributed by atoms with Gasteiger partial charge in [0, 0.05) is 71.9 Å². The monoisotopic (exact) mass is 958 g/mol. The Labute approximate surface area is 435 Å². The predicted molar refractivity (Wildman–Crippen MR) is 317 cm³/mol. The Balaban J connectivity index is 0.847. The first kappa shape index (κ1) is 43.0. The van der Waals surface area contributed by atoms with Gasteiger partial charge in [-0.2, -0.15) is 0 Å². The van der Waals surface area contributed by atoms with Gasteiger partial charge in [-0.25, -0.2) is 0 Å². The summed E-state index contributed by atoms with van der Waals surface area (Å²) in [4.78, 5) is 4.90. The van der Waals surface area contributed by atoms with E-state index >= 15 is 0 Å². The minimum Gasteiger partial charge on any atom is -0.310 e. The molecule has 0 saturated heterocycles. The van der Waals surface area contributed by atoms with Gasteiger partial charge in [-0.15, -0.1) is 0 Å². The van der Waals surface area contributed by atoms with Gasteiger partial charge in [0.05, 0.1) is 33.4 Å². The van der Waals surface area contributed by atoms with Crippen LogP contribution in [0.5, 0.6) is 0 Å². The lowest BCUT2D eigenvalue weighted by molar-refractivity contribution is 0.660. The van der Waals surface area contributed by atoms with Crippen molar-refractivity contribution in [1.29, 1.82) is 0 Å². The van der Waals surface area contributed by atoms with Crippen molar-refractivity contribution >= 4 is 99.3 Å². The van der Waals surface area contributed by atoms with E-state index in [4.69, 9.17) is 0 Å². The number of benzene rings is 12. The van der Waals surface area contributed by atoms with Gasteiger partial charge < -0.3 is 18.9 Å². The maximum atomic E-state index is 2.45. The van der Waals surface area contributed by atoms with Gasteiger partial charge in [-0.3, -0.25) is 0 Å². The standard InChI is InChI=1S/C71H50N4/c1-71(2)63-45-53(72(65-31-15-19-47-17-3-5-21-55(47)65)49-33-37-51(38-34-49)74-67-27-11-7-23-59(67)60-24-8-12-28-68(60)74)41-43-57(63)58-44-42-54(46-64(58)71)73(66-32-16-20-48-18-4-6-22-56(48)66)50-35-39-52(40-36-50)75-69-29-13-9-25-61(69)62-26-10-14-30-70(62)75/h3-46H,1-2H3. The highest BCUT2D eigenvalue weighted by atomic mass is 15.2. The second-order valence-corrected chi connectivity index (χ2v) is 20.5. The average Bonchev–Trinajstić information content (AvgIpc) is 4.06. The third-order valence-electron chi connectivity index (χ3n) is 16.1. The molecular formula is C71H50N4. The molecule has 1 aliphatic carbocycles. The summed E-state index contributed by atoms with van der Waals surface area (Å²) in [6, 6.07) is 98.2. The molecule has 0 aliphatic heterocycles. The van der Waals surface area contributed by atoms with Crippen molar-refractivity contribution in [2.24, 2.45) is 0 Å². The Kier molecular flexibility index (Phi) is 9.58. The molecule has 0 radical (unpaired) electrons. The zero-order chi connectivity index (χ0) is 49.8. The van der Waals surface area contributed by atoms with Gasteiger partial charge in [0.25, 0.3) is 0 Å². The third-order valence-corrected chi connectivity index (χ3v) is 16.1. The molecule has 14 aromatic rings. The highest BCUT2D eigenvalue weighted by Gasteiger charge is 2.37. The van der Waals surface area contributed by atoms with Crippen molar-refractivity contribution in [2.45, 2.75) is 19.3 Å². The lowest BCUT2D eigenvalue weighted by Gasteiger charge is -2.30. The van der Waals surface area contributed by atoms with Crippen LogP contribution in [0, 0.1) is 0 Å². The molecule has 4 nitrogen and oxygen atoms in total. The van der Waals surface area contributed by atoms with Crippen LogP contribution in [0.4, 0.5) is 34.1 Å². The largest absolute Gasteiger partial charge is 0.310 e. The molecule has 4 heteroatoms. The van der Waals surface area contributed by atoms with Crippen molar-refractivity contribution in [3.05, 3.63) is 278 Å². The quantitative estimate of drug-likeness (QED) is 0.151. The molecule has 0 N–H and O–H groups in total. The second kappa shape index (κ2) is 16.7. The summed E-state index contributed by atoms with van der Waals surface area (Å²) in [6.07, 6.45) is 0. The molecule has 0 fully saturated rings. The van der Waals surface area contributed by atoms with Gasteiger partial charge in [0.1, 0.15) is 0 Å². The number of para-hydroxylation sites is 4. The van der Waals surface area contributed by atoms with Gasteiger partial charge >= 0.3 is 0 Å². The van der Waals surface area contributed by atoms with Crippen molar-refractivity contribution in [3.8, 4) is 22.5 Å². The smallest absolute Gasteiger partial charge is 0.0541 e. The summed E-state index contributed by atoms with van der Waals surface area (Å²) in [5, 5.41) is 9.86. The summed E-state index contributed by atoms with van der Waals surface area (Å²) >= 11 is 0. The number of anilines is 6. The molecule has 0 spiro atoms. The molecule has 15 rings (SSSR count). The Morgan fingerprint density at radius 1 is 0.280 bits per heavy atom. The van der Waals surface area contributed by atoms with Crippen molar-refractivity contribution < 1.29 is 0 Å². The average molecular weight is 959 g/mol. The SMILES string of the molecule is CC1(C)c2cc(N(c3ccc(-n4c5ccccc5c5ccccc54)cc3)c3cccc4ccccc34)ccc2-c2ccc(N(c3ccc(-n4c5ccccc5c5ccccc54)cc3)c3cccc4ccccc34)cc21. The molecule has 2 heterocycles. The predicted octanol–water partition coefficient (Wildman–Crippen LogP) is 19.4. The van der Waals surface area contributed by atoms with Crippen LogP contribution in [0.1, 0.15) is 25.0 Å². The number of hydrogen-bond donors (Lipinski definition) is 0. The Morgan fingerprint density at radius 3 is 0.960 bits per heavy atom. The van der Waals surface area contributed by atoms with E-state index in [1.807, 2.05) is 0 Å². The highest BCUT2D eigenvalue weighted by molar-refractivity contribution is 6.11. The summed E-state index contributed by atoms with van der Waals surface area (Å²) in [7, 11) is 0. The maximum Gasteiger partial charge on any atom is 0.0541 e. The van der Waals surface area contributed by atoms with Gasteiger partial charge in [0.2, 0.25) is 0 Å². The van der Waals surface area contributed by atoms with E-state index in [0.29, 0.717) is 0 Å². The fourth-order valence-electron chi connectivity index (χ4n) is 12.6. The van der Waals surface area contributed by atoms with Crippen LogP contribution in [0.2, 0.25) is 0 Å². The Morgan fingerprint density at radius 2 is 0.587 bits per heavy atom. The van der Waals surface area contributed by atoms with Gasteiger partial charge in [-0.1, -0.05) is 172 Å². The van der Waals surface area contributed by atoms with E-state index in [2.05, 4.69) is 300 Å². The van der Waals surface area contributed by atoms with Crippen LogP contribution < -0.4 is 9.80 Å². The van der Waals surface area contributed by atoms with E-state index in [1.54, 1.807) is 0 Å². The number of hydrogen-bond acceptors (Lipinski definition) is 2. The van der Waals surface area contributed by atoms with Crippen LogP contribution in [0.25, 0.3) is 87.7 Å². The molecule has 0 bridgehead atoms. The normalized spacial score (nSPS) is 12.8. The fourth-order valence-corrected chi connectivity index (χ4v) is 12.6. The lowest BCUT2D eigenvalue weighted by atomic mass is 9.82. The van der Waals surface area contributed by atoms with Crippen LogP contribution in [-0.2, 0) is 5.41 Å². The second-order valence-electron chi connectivity index (χ2n) is 20.5. The molecule has 0 saturated carbocycles. The molecule has 1 aliphatic rings. The minimum atomic E-state index is -0.313. The number of rotatable bonds is 8. The van der Waals surface area contributed by atoms with E-state index in [0.717, 1.165) is 45.5 Å². The van der Waals surface area contributed by atoms with E-state index in [1.165, 1.54) is 87.4 Å². The van der Waals surface area contributed by atoms with Crippen LogP contribution in [0.3, 0.4) is 0 Å². The first-order valence-electron chi connectivity index (χ1n) is 26.0. The molecule has 354 valence electrons. The molecule has 0 atom stereocenters. The first-order chi connectivity index (χ1) is 37.0. The Bertz CT molecular complexity index is 4160. The van der Waals surface area contributed by atoms with Gasteiger partial charge in [-0.05, 0) is 142 Å². The summed E-state index contributed by atoms with van der Waals surface area (Å²) in [5.41, 5.74) is 18.7. The molecule has 2 aromatic heterocycles. The third kappa shape index (κ3) is 6.63. The summed E-state index contributed by atoms with van der Waals surface area (Å²) in [5.74, 6) is 0. The zero-order valence-electron chi connectivity index (χ0n) is 41.7. The summed E-state index contributed by atoms with van der Waals surface area (Å²) < 4.78 is 4.78. The fraction of sp³-hybridized carbons (Fsp3) is 0.0423. The minimum absolute atomic E-state index is 0.313. The highest BCUT2D eigenvalue weighted by Crippen LogP contribution is 2.53. The van der Waals surface area contributed by atoms with Crippen LogP contribution >= 0.6 is 0 Å². The zero-order valence-corrected chi connectivity index (χ0v) is 41.7. The Hall–Kier alpha value is -9.64. The van der Waals surface area contributed by atoms with E-state index < -0.39 is 0 Å². The van der Waals surface area contributed by atoms with E-state index in [9.17, 15) is 0 Å². The molecular weight excluding hydrogens is 909 g/mol. The number of fused-ring (bicyclic) bond motifs is 11. The molecule has 75 heavy (non-hydrogen) atoms. The van der Waals surface area contributed by atoms with Crippen LogP contribution in [-0.4, -0.2) is 9.13 Å². The molecule has 0 amide bonds. The molecule has 12 aromatic carbocycles. The van der Waals surface area contributed by atoms with Crippen LogP contribution in [0.15, 0.2) is 267 Å². The molecule has 0 unspecified atom stereocenters. The van der Waals surface area contributed by atoms with Crippen molar-refractivity contribution in [3.63, 3.8) is 0 Å². The number of nitrogens with zero attached hydrogens (tertiary/aromatic N) is 4. The van der Waals surface area contributed by atoms with Crippen molar-refractivity contribution in [1.82, 2.24) is 9.13 Å². The lowest BCUT2D eigenvalue weighted by Crippen LogP contribution is -2.18. The van der Waals surface area contributed by atoms with E-state index in [-0.39, 0.29) is 5.41 Å². The first-order valence-corrected chi connectivity index (χ1v) is 26.0. The van der Waals surface area contributed by atoms with Crippen molar-refractivity contribution in [2.75, 3.05) is 9.80 Å². The number of aromatic nitrogens is 2. The summed E-state index contributed by atoms with van der Waals surface area (Å²) in [6.45, 7) is 4.80. The van der Waals surface area contributed by atoms with Gasteiger partial charge in [0.15, 0.2) is 0 Å². The maximum absolute atomic E-state index is 2.45.